The van der Waals surface area contributed by atoms with Gasteiger partial charge in [0.1, 0.15) is 15.5 Å². The zero-order valence-electron chi connectivity index (χ0n) is 13.3. The van der Waals surface area contributed by atoms with Crippen LogP contribution in [0.5, 0.6) is 0 Å². The quantitative estimate of drug-likeness (QED) is 0.548. The number of halogens is 1. The van der Waals surface area contributed by atoms with Gasteiger partial charge in [0.25, 0.3) is 5.91 Å². The number of pyridine rings is 1. The molecule has 6 heteroatoms. The summed E-state index contributed by atoms with van der Waals surface area (Å²) in [6.07, 6.45) is 0. The van der Waals surface area contributed by atoms with E-state index in [0.717, 1.165) is 26.7 Å². The zero-order chi connectivity index (χ0) is 17.6. The third-order valence-corrected chi connectivity index (χ3v) is 5.09. The number of nitrogens with two attached hydrogens (primary N) is 1. The second-order valence-electron chi connectivity index (χ2n) is 5.84. The molecule has 3 N–H and O–H groups in total. The van der Waals surface area contributed by atoms with E-state index in [1.54, 1.807) is 0 Å². The molecule has 0 unspecified atom stereocenters. The van der Waals surface area contributed by atoms with Crippen LogP contribution in [0.1, 0.15) is 15.2 Å². The molecule has 0 bridgehead atoms. The van der Waals surface area contributed by atoms with Crippen molar-refractivity contribution < 1.29 is 9.18 Å². The molecular formula is C19H14FN3OS. The number of hydrogen-bond acceptors (Lipinski definition) is 4. The molecule has 2 aromatic carbocycles. The normalized spacial score (nSPS) is 11.1. The molecule has 124 valence electrons. The molecule has 0 fully saturated rings. The highest BCUT2D eigenvalue weighted by atomic mass is 32.1. The average molecular weight is 351 g/mol. The number of aromatic nitrogens is 1. The minimum absolute atomic E-state index is 0.327. The maximum atomic E-state index is 13.0. The van der Waals surface area contributed by atoms with Gasteiger partial charge in [-0.1, -0.05) is 11.6 Å². The van der Waals surface area contributed by atoms with Gasteiger partial charge in [-0.25, -0.2) is 9.37 Å². The lowest BCUT2D eigenvalue weighted by atomic mass is 10.1. The molecule has 0 aliphatic carbocycles. The number of aryl methyl sites for hydroxylation is 1. The second kappa shape index (κ2) is 5.82. The molecule has 0 aliphatic heterocycles. The lowest BCUT2D eigenvalue weighted by Gasteiger charge is -2.04. The number of carbonyl (C=O) groups excluding carboxylic acids is 1. The van der Waals surface area contributed by atoms with E-state index in [9.17, 15) is 9.18 Å². The molecule has 4 nitrogen and oxygen atoms in total. The fourth-order valence-electron chi connectivity index (χ4n) is 2.71. The number of nitrogen functional groups attached to an aromatic ring is 1. The van der Waals surface area contributed by atoms with E-state index in [0.29, 0.717) is 16.3 Å². The molecule has 4 aromatic rings. The number of anilines is 2. The molecule has 2 heterocycles. The number of hydrogen-bond donors (Lipinski definition) is 2. The van der Waals surface area contributed by atoms with Gasteiger partial charge in [0.2, 0.25) is 0 Å². The summed E-state index contributed by atoms with van der Waals surface area (Å²) in [6.45, 7) is 2.02. The van der Waals surface area contributed by atoms with Gasteiger partial charge in [-0.3, -0.25) is 4.79 Å². The SMILES string of the molecule is Cc1ccc2nc3sc(C(=O)Nc4ccc(F)cc4)c(N)c3cc2c1. The van der Waals surface area contributed by atoms with Crippen LogP contribution in [0.25, 0.3) is 21.1 Å². The van der Waals surface area contributed by atoms with Gasteiger partial charge in [0, 0.05) is 16.5 Å². The molecule has 2 aromatic heterocycles. The van der Waals surface area contributed by atoms with Crippen molar-refractivity contribution in [2.75, 3.05) is 11.1 Å². The molecule has 4 rings (SSSR count). The van der Waals surface area contributed by atoms with E-state index >= 15 is 0 Å². The van der Waals surface area contributed by atoms with Gasteiger partial charge >= 0.3 is 0 Å². The summed E-state index contributed by atoms with van der Waals surface area (Å²) in [5.74, 6) is -0.682. The Kier molecular flexibility index (Phi) is 3.62. The Hall–Kier alpha value is -2.99. The third-order valence-electron chi connectivity index (χ3n) is 3.98. The Morgan fingerprint density at radius 2 is 1.92 bits per heavy atom. The van der Waals surface area contributed by atoms with Crippen molar-refractivity contribution in [2.45, 2.75) is 6.92 Å². The summed E-state index contributed by atoms with van der Waals surface area (Å²) in [5, 5.41) is 4.49. The van der Waals surface area contributed by atoms with E-state index in [4.69, 9.17) is 5.73 Å². The first-order valence-electron chi connectivity index (χ1n) is 7.67. The minimum atomic E-state index is -0.356. The molecule has 0 saturated carbocycles. The molecule has 0 radical (unpaired) electrons. The van der Waals surface area contributed by atoms with Crippen LogP contribution in [0.4, 0.5) is 15.8 Å². The number of fused-ring (bicyclic) bond motifs is 2. The third kappa shape index (κ3) is 2.81. The van der Waals surface area contributed by atoms with E-state index in [1.807, 2.05) is 31.2 Å². The van der Waals surface area contributed by atoms with Crippen molar-refractivity contribution in [3.8, 4) is 0 Å². The standard InChI is InChI=1S/C19H14FN3OS/c1-10-2-7-15-11(8-10)9-14-16(21)17(25-19(14)23-15)18(24)22-13-5-3-12(20)4-6-13/h2-9H,21H2,1H3,(H,22,24). The Bertz CT molecular complexity index is 1120. The number of nitrogens with zero attached hydrogens (tertiary/aromatic N) is 1. The number of amides is 1. The van der Waals surface area contributed by atoms with E-state index in [1.165, 1.54) is 35.6 Å². The Morgan fingerprint density at radius 3 is 2.68 bits per heavy atom. The molecule has 0 atom stereocenters. The largest absolute Gasteiger partial charge is 0.397 e. The molecule has 1 amide bonds. The minimum Gasteiger partial charge on any atom is -0.397 e. The molecule has 25 heavy (non-hydrogen) atoms. The summed E-state index contributed by atoms with van der Waals surface area (Å²) < 4.78 is 13.0. The van der Waals surface area contributed by atoms with Gasteiger partial charge in [-0.05, 0) is 49.4 Å². The number of thiophene rings is 1. The summed E-state index contributed by atoms with van der Waals surface area (Å²) in [7, 11) is 0. The maximum Gasteiger partial charge on any atom is 0.267 e. The molecule has 0 spiro atoms. The van der Waals surface area contributed by atoms with Crippen molar-refractivity contribution in [1.29, 1.82) is 0 Å². The summed E-state index contributed by atoms with van der Waals surface area (Å²) in [6, 6.07) is 13.6. The lowest BCUT2D eigenvalue weighted by Crippen LogP contribution is -2.11. The van der Waals surface area contributed by atoms with Crippen molar-refractivity contribution in [3.05, 3.63) is 64.8 Å². The van der Waals surface area contributed by atoms with E-state index in [2.05, 4.69) is 10.3 Å². The smallest absolute Gasteiger partial charge is 0.267 e. The maximum absolute atomic E-state index is 13.0. The van der Waals surface area contributed by atoms with Crippen LogP contribution < -0.4 is 11.1 Å². The zero-order valence-corrected chi connectivity index (χ0v) is 14.2. The topological polar surface area (TPSA) is 68.0 Å². The van der Waals surface area contributed by atoms with Crippen LogP contribution in [-0.2, 0) is 0 Å². The monoisotopic (exact) mass is 351 g/mol. The Labute approximate surface area is 147 Å². The van der Waals surface area contributed by atoms with E-state index < -0.39 is 0 Å². The van der Waals surface area contributed by atoms with Crippen LogP contribution >= 0.6 is 11.3 Å². The highest BCUT2D eigenvalue weighted by Gasteiger charge is 2.18. The summed E-state index contributed by atoms with van der Waals surface area (Å²) in [4.78, 5) is 18.3. The Balaban J connectivity index is 1.76. The van der Waals surface area contributed by atoms with Crippen LogP contribution in [0, 0.1) is 12.7 Å². The fraction of sp³-hybridized carbons (Fsp3) is 0.0526. The van der Waals surface area contributed by atoms with Crippen LogP contribution in [0.15, 0.2) is 48.5 Å². The molecular weight excluding hydrogens is 337 g/mol. The van der Waals surface area contributed by atoms with Crippen molar-refractivity contribution in [2.24, 2.45) is 0 Å². The second-order valence-corrected chi connectivity index (χ2v) is 6.84. The average Bonchev–Trinajstić information content (AvgIpc) is 2.91. The molecule has 0 saturated heterocycles. The van der Waals surface area contributed by atoms with Crippen molar-refractivity contribution in [1.82, 2.24) is 4.98 Å². The van der Waals surface area contributed by atoms with Gasteiger partial charge in [-0.2, -0.15) is 0 Å². The number of rotatable bonds is 2. The van der Waals surface area contributed by atoms with Gasteiger partial charge in [0.15, 0.2) is 0 Å². The van der Waals surface area contributed by atoms with Crippen LogP contribution in [-0.4, -0.2) is 10.9 Å². The Morgan fingerprint density at radius 1 is 1.16 bits per heavy atom. The van der Waals surface area contributed by atoms with Crippen LogP contribution in [0.3, 0.4) is 0 Å². The van der Waals surface area contributed by atoms with Crippen molar-refractivity contribution in [3.63, 3.8) is 0 Å². The van der Waals surface area contributed by atoms with Crippen molar-refractivity contribution >= 4 is 49.7 Å². The van der Waals surface area contributed by atoms with Gasteiger partial charge < -0.3 is 11.1 Å². The highest BCUT2D eigenvalue weighted by molar-refractivity contribution is 7.21. The predicted octanol–water partition coefficient (Wildman–Crippen LogP) is 4.73. The molecule has 0 aliphatic rings. The number of carbonyl (C=O) groups is 1. The number of benzene rings is 2. The summed E-state index contributed by atoms with van der Waals surface area (Å²) >= 11 is 1.25. The first-order valence-corrected chi connectivity index (χ1v) is 8.49. The van der Waals surface area contributed by atoms with Gasteiger partial charge in [0.05, 0.1) is 11.2 Å². The first-order chi connectivity index (χ1) is 12.0. The highest BCUT2D eigenvalue weighted by Crippen LogP contribution is 2.35. The fourth-order valence-corrected chi connectivity index (χ4v) is 3.69. The van der Waals surface area contributed by atoms with E-state index in [-0.39, 0.29) is 11.7 Å². The predicted molar refractivity (Wildman–Crippen MR) is 101 cm³/mol. The van der Waals surface area contributed by atoms with Gasteiger partial charge in [-0.15, -0.1) is 11.3 Å². The summed E-state index contributed by atoms with van der Waals surface area (Å²) in [5.41, 5.74) is 9.12. The lowest BCUT2D eigenvalue weighted by molar-refractivity contribution is 0.103. The van der Waals surface area contributed by atoms with Crippen LogP contribution in [0.2, 0.25) is 0 Å². The first kappa shape index (κ1) is 15.5. The number of nitrogens with one attached hydrogen (secondary N) is 1.